The number of hydrogen-bond acceptors (Lipinski definition) is 4. The van der Waals surface area contributed by atoms with Crippen LogP contribution in [0.15, 0.2) is 36.1 Å². The molecule has 2 heterocycles. The van der Waals surface area contributed by atoms with Gasteiger partial charge < -0.3 is 9.64 Å². The van der Waals surface area contributed by atoms with Gasteiger partial charge in [-0.2, -0.15) is 0 Å². The first-order valence-electron chi connectivity index (χ1n) is 9.42. The zero-order valence-corrected chi connectivity index (χ0v) is 16.2. The third-order valence-electron chi connectivity index (χ3n) is 5.19. The molecule has 2 aliphatic rings. The maximum atomic E-state index is 13.9. The summed E-state index contributed by atoms with van der Waals surface area (Å²) in [6.45, 7) is 5.68. The first kappa shape index (κ1) is 19.5. The minimum absolute atomic E-state index is 0.00247. The number of ketones is 1. The van der Waals surface area contributed by atoms with Crippen LogP contribution in [0.25, 0.3) is 0 Å². The summed E-state index contributed by atoms with van der Waals surface area (Å²) in [6, 6.07) is 6.79. The molecule has 0 radical (unpaired) electrons. The number of likely N-dealkylation sites (tertiary alicyclic amines) is 1. The molecule has 2 aliphatic heterocycles. The fourth-order valence-corrected chi connectivity index (χ4v) is 3.78. The monoisotopic (exact) mass is 374 g/mol. The molecular weight excluding hydrogens is 347 g/mol. The Morgan fingerprint density at radius 1 is 1.37 bits per heavy atom. The SMILES string of the molecule is CN(C(=O)C1=CC(=O)CC(C)(C)O1)[C@H]1CCCN(Cc2ccccc2F)C1. The van der Waals surface area contributed by atoms with E-state index >= 15 is 0 Å². The van der Waals surface area contributed by atoms with Gasteiger partial charge in [0.2, 0.25) is 0 Å². The van der Waals surface area contributed by atoms with Crippen LogP contribution >= 0.6 is 0 Å². The minimum atomic E-state index is -0.666. The van der Waals surface area contributed by atoms with E-state index in [1.54, 1.807) is 24.1 Å². The Morgan fingerprint density at radius 3 is 2.81 bits per heavy atom. The highest BCUT2D eigenvalue weighted by molar-refractivity contribution is 6.01. The summed E-state index contributed by atoms with van der Waals surface area (Å²) < 4.78 is 19.7. The average molecular weight is 374 g/mol. The van der Waals surface area contributed by atoms with Gasteiger partial charge >= 0.3 is 0 Å². The lowest BCUT2D eigenvalue weighted by Gasteiger charge is -2.39. The van der Waals surface area contributed by atoms with Gasteiger partial charge in [0, 0.05) is 44.2 Å². The lowest BCUT2D eigenvalue weighted by Crippen LogP contribution is -2.49. The van der Waals surface area contributed by atoms with Gasteiger partial charge in [-0.1, -0.05) is 18.2 Å². The number of benzene rings is 1. The van der Waals surface area contributed by atoms with Crippen LogP contribution in [0.1, 0.15) is 38.7 Å². The van der Waals surface area contributed by atoms with Crippen molar-refractivity contribution < 1.29 is 18.7 Å². The molecule has 0 aliphatic carbocycles. The van der Waals surface area contributed by atoms with E-state index in [9.17, 15) is 14.0 Å². The number of rotatable bonds is 4. The predicted molar refractivity (Wildman–Crippen MR) is 100 cm³/mol. The van der Waals surface area contributed by atoms with E-state index in [0.29, 0.717) is 18.7 Å². The lowest BCUT2D eigenvalue weighted by molar-refractivity contribution is -0.139. The van der Waals surface area contributed by atoms with Crippen LogP contribution < -0.4 is 0 Å². The van der Waals surface area contributed by atoms with Gasteiger partial charge in [-0.25, -0.2) is 4.39 Å². The number of likely N-dealkylation sites (N-methyl/N-ethyl adjacent to an activating group) is 1. The van der Waals surface area contributed by atoms with Gasteiger partial charge in [0.05, 0.1) is 0 Å². The van der Waals surface area contributed by atoms with Crippen molar-refractivity contribution in [2.45, 2.75) is 51.3 Å². The Morgan fingerprint density at radius 2 is 2.11 bits per heavy atom. The second-order valence-electron chi connectivity index (χ2n) is 8.05. The van der Waals surface area contributed by atoms with Crippen LogP contribution in [0.2, 0.25) is 0 Å². The number of carbonyl (C=O) groups excluding carboxylic acids is 2. The lowest BCUT2D eigenvalue weighted by atomic mass is 9.98. The molecule has 5 nitrogen and oxygen atoms in total. The number of piperidine rings is 1. The Kier molecular flexibility index (Phi) is 5.65. The second kappa shape index (κ2) is 7.80. The predicted octanol–water partition coefficient (Wildman–Crippen LogP) is 2.90. The van der Waals surface area contributed by atoms with E-state index < -0.39 is 5.60 Å². The van der Waals surface area contributed by atoms with Crippen LogP contribution in [0, 0.1) is 5.82 Å². The Hall–Kier alpha value is -2.21. The van der Waals surface area contributed by atoms with Gasteiger partial charge in [-0.3, -0.25) is 14.5 Å². The number of amides is 1. The molecule has 0 N–H and O–H groups in total. The molecule has 1 saturated heterocycles. The van der Waals surface area contributed by atoms with E-state index in [0.717, 1.165) is 19.4 Å². The number of ether oxygens (including phenoxy) is 1. The van der Waals surface area contributed by atoms with Crippen molar-refractivity contribution in [3.63, 3.8) is 0 Å². The normalized spacial score (nSPS) is 22.7. The molecule has 1 aromatic rings. The fraction of sp³-hybridized carbons (Fsp3) is 0.524. The van der Waals surface area contributed by atoms with Gasteiger partial charge in [0.25, 0.3) is 5.91 Å². The van der Waals surface area contributed by atoms with Crippen LogP contribution in [0.3, 0.4) is 0 Å². The van der Waals surface area contributed by atoms with Crippen molar-refractivity contribution in [3.05, 3.63) is 47.5 Å². The van der Waals surface area contributed by atoms with Crippen molar-refractivity contribution in [2.75, 3.05) is 20.1 Å². The Labute approximate surface area is 159 Å². The summed E-state index contributed by atoms with van der Waals surface area (Å²) in [5, 5.41) is 0. The molecule has 1 aromatic carbocycles. The molecule has 27 heavy (non-hydrogen) atoms. The molecule has 146 valence electrons. The van der Waals surface area contributed by atoms with E-state index in [4.69, 9.17) is 4.74 Å². The number of hydrogen-bond donors (Lipinski definition) is 0. The van der Waals surface area contributed by atoms with Crippen molar-refractivity contribution in [3.8, 4) is 0 Å². The van der Waals surface area contributed by atoms with E-state index in [1.165, 1.54) is 12.1 Å². The molecule has 1 amide bonds. The molecule has 1 atom stereocenters. The van der Waals surface area contributed by atoms with Crippen molar-refractivity contribution in [1.82, 2.24) is 9.80 Å². The number of carbonyl (C=O) groups is 2. The minimum Gasteiger partial charge on any atom is -0.481 e. The molecule has 0 bridgehead atoms. The highest BCUT2D eigenvalue weighted by Crippen LogP contribution is 2.27. The molecule has 0 aromatic heterocycles. The molecule has 0 saturated carbocycles. The quantitative estimate of drug-likeness (QED) is 0.813. The fourth-order valence-electron chi connectivity index (χ4n) is 3.78. The number of nitrogens with zero attached hydrogens (tertiary/aromatic N) is 2. The largest absolute Gasteiger partial charge is 0.481 e. The molecule has 1 fully saturated rings. The van der Waals surface area contributed by atoms with Crippen molar-refractivity contribution >= 4 is 11.7 Å². The molecular formula is C21H27FN2O3. The van der Waals surface area contributed by atoms with Gasteiger partial charge in [0.1, 0.15) is 11.4 Å². The van der Waals surface area contributed by atoms with Crippen LogP contribution in [0.4, 0.5) is 4.39 Å². The number of allylic oxidation sites excluding steroid dienone is 1. The smallest absolute Gasteiger partial charge is 0.289 e. The molecule has 6 heteroatoms. The van der Waals surface area contributed by atoms with E-state index in [-0.39, 0.29) is 35.7 Å². The van der Waals surface area contributed by atoms with Crippen LogP contribution in [-0.2, 0) is 20.9 Å². The van der Waals surface area contributed by atoms with Crippen LogP contribution in [0.5, 0.6) is 0 Å². The maximum absolute atomic E-state index is 13.9. The highest BCUT2D eigenvalue weighted by Gasteiger charge is 2.35. The first-order valence-corrected chi connectivity index (χ1v) is 9.42. The van der Waals surface area contributed by atoms with Gasteiger partial charge in [-0.15, -0.1) is 0 Å². The third-order valence-corrected chi connectivity index (χ3v) is 5.19. The van der Waals surface area contributed by atoms with Crippen molar-refractivity contribution in [2.24, 2.45) is 0 Å². The summed E-state index contributed by atoms with van der Waals surface area (Å²) in [5.74, 6) is -0.447. The second-order valence-corrected chi connectivity index (χ2v) is 8.05. The zero-order valence-electron chi connectivity index (χ0n) is 16.2. The molecule has 0 unspecified atom stereocenters. The summed E-state index contributed by atoms with van der Waals surface area (Å²) in [5.41, 5.74) is -0.000945. The van der Waals surface area contributed by atoms with E-state index in [2.05, 4.69) is 4.90 Å². The number of halogens is 1. The molecule has 0 spiro atoms. The first-order chi connectivity index (χ1) is 12.7. The maximum Gasteiger partial charge on any atom is 0.289 e. The van der Waals surface area contributed by atoms with Gasteiger partial charge in [0.15, 0.2) is 11.5 Å². The Balaban J connectivity index is 1.66. The van der Waals surface area contributed by atoms with Crippen LogP contribution in [-0.4, -0.2) is 53.3 Å². The summed E-state index contributed by atoms with van der Waals surface area (Å²) >= 11 is 0. The molecule has 3 rings (SSSR count). The summed E-state index contributed by atoms with van der Waals surface area (Å²) in [4.78, 5) is 28.6. The van der Waals surface area contributed by atoms with E-state index in [1.807, 2.05) is 19.9 Å². The summed E-state index contributed by atoms with van der Waals surface area (Å²) in [6.07, 6.45) is 3.39. The van der Waals surface area contributed by atoms with Gasteiger partial charge in [-0.05, 0) is 39.3 Å². The standard InChI is InChI=1S/C21H27FN2O3/c1-21(2)12-17(25)11-19(27-21)20(26)23(3)16-8-6-10-24(14-16)13-15-7-4-5-9-18(15)22/h4-5,7,9,11,16H,6,8,10,12-14H2,1-3H3/t16-/m0/s1. The topological polar surface area (TPSA) is 49.9 Å². The highest BCUT2D eigenvalue weighted by atomic mass is 19.1. The third kappa shape index (κ3) is 4.75. The Bertz CT molecular complexity index is 760. The summed E-state index contributed by atoms with van der Waals surface area (Å²) in [7, 11) is 1.75. The zero-order chi connectivity index (χ0) is 19.6. The average Bonchev–Trinajstić information content (AvgIpc) is 2.61. The van der Waals surface area contributed by atoms with Crippen molar-refractivity contribution in [1.29, 1.82) is 0 Å².